The van der Waals surface area contributed by atoms with Crippen LogP contribution in [0.15, 0.2) is 48.7 Å². The van der Waals surface area contributed by atoms with Crippen LogP contribution >= 0.6 is 0 Å². The van der Waals surface area contributed by atoms with Gasteiger partial charge in [0.05, 0.1) is 26.4 Å². The van der Waals surface area contributed by atoms with E-state index in [0.717, 1.165) is 63.2 Å². The van der Waals surface area contributed by atoms with Gasteiger partial charge in [-0.05, 0) is 42.7 Å². The van der Waals surface area contributed by atoms with Crippen LogP contribution in [0.25, 0.3) is 0 Å². The first-order valence-electron chi connectivity index (χ1n) is 18.6. The number of allylic oxidation sites excluding steroid dienone is 1. The Balaban J connectivity index is 1.54. The summed E-state index contributed by atoms with van der Waals surface area (Å²) in [6.45, 7) is 9.04. The molecule has 48 heavy (non-hydrogen) atoms. The fraction of sp³-hybridized carbons (Fsp3) is 0.625. The zero-order valence-electron chi connectivity index (χ0n) is 30.0. The highest BCUT2D eigenvalue weighted by atomic mass is 16.5. The van der Waals surface area contributed by atoms with Gasteiger partial charge in [-0.2, -0.15) is 0 Å². The predicted molar refractivity (Wildman–Crippen MR) is 195 cm³/mol. The molecule has 1 saturated heterocycles. The Morgan fingerprint density at radius 3 is 1.88 bits per heavy atom. The lowest BCUT2D eigenvalue weighted by molar-refractivity contribution is 0.0851. The third-order valence-electron chi connectivity index (χ3n) is 9.09. The number of β-amino-alcohol motifs (C(OH)–C–C–N with tert-alkyl or cyclic N) is 1. The van der Waals surface area contributed by atoms with Crippen LogP contribution in [0.1, 0.15) is 126 Å². The second-order valence-corrected chi connectivity index (χ2v) is 13.1. The van der Waals surface area contributed by atoms with Crippen LogP contribution in [0.5, 0.6) is 23.0 Å². The number of nitrogens with zero attached hydrogens (tertiary/aromatic N) is 2. The number of carbonyl (C=O) groups excluding carboxylic acids is 1. The number of aliphatic hydroxyl groups excluding tert-OH is 1. The molecule has 2 aromatic rings. The molecular formula is C40H62N2O6. The van der Waals surface area contributed by atoms with Crippen LogP contribution < -0.4 is 14.2 Å². The van der Waals surface area contributed by atoms with E-state index in [9.17, 15) is 15.0 Å². The molecule has 2 aromatic carbocycles. The van der Waals surface area contributed by atoms with Gasteiger partial charge >= 0.3 is 0 Å². The lowest BCUT2D eigenvalue weighted by Gasteiger charge is -2.35. The molecule has 0 amide bonds. The van der Waals surface area contributed by atoms with Gasteiger partial charge in [0.15, 0.2) is 17.3 Å². The predicted octanol–water partition coefficient (Wildman–Crippen LogP) is 8.71. The first-order valence-corrected chi connectivity index (χ1v) is 18.6. The zero-order chi connectivity index (χ0) is 34.4. The molecule has 0 saturated carbocycles. The van der Waals surface area contributed by atoms with Crippen LogP contribution in [-0.4, -0.2) is 78.8 Å². The van der Waals surface area contributed by atoms with Gasteiger partial charge in [-0.25, -0.2) is 0 Å². The number of ether oxygens (including phenoxy) is 3. The Kier molecular flexibility index (Phi) is 18.9. The third-order valence-corrected chi connectivity index (χ3v) is 9.09. The van der Waals surface area contributed by atoms with Gasteiger partial charge < -0.3 is 29.3 Å². The fourth-order valence-electron chi connectivity index (χ4n) is 5.99. The number of phenols is 1. The van der Waals surface area contributed by atoms with Gasteiger partial charge in [-0.1, -0.05) is 103 Å². The summed E-state index contributed by atoms with van der Waals surface area (Å²) in [6.07, 6.45) is 19.3. The summed E-state index contributed by atoms with van der Waals surface area (Å²) in [4.78, 5) is 17.7. The Labute approximate surface area is 290 Å². The molecule has 0 aromatic heterocycles. The molecular weight excluding hydrogens is 604 g/mol. The minimum atomic E-state index is -0.595. The van der Waals surface area contributed by atoms with Crippen molar-refractivity contribution < 1.29 is 29.2 Å². The molecule has 1 heterocycles. The fourth-order valence-corrected chi connectivity index (χ4v) is 5.99. The van der Waals surface area contributed by atoms with E-state index in [1.165, 1.54) is 64.2 Å². The van der Waals surface area contributed by atoms with Crippen molar-refractivity contribution in [1.82, 2.24) is 9.80 Å². The number of phenolic OH excluding ortho intramolecular Hbond substituents is 1. The molecule has 8 heteroatoms. The smallest absolute Gasteiger partial charge is 0.200 e. The standard InChI is InChI=1S/C40H62N2O6/c1-4-6-8-10-12-14-16-27-47-38-30-34(31-39(40(38)45)48-28-17-15-13-11-9-7-5-2)36(43)21-22-41-23-25-42(26-24-41)32-37(44)33-19-18-20-35(29-33)46-3/h18-22,29-31,37,44-45H,4-17,23-28,32H2,1-3H3. The van der Waals surface area contributed by atoms with Gasteiger partial charge in [0.2, 0.25) is 5.75 Å². The number of methoxy groups -OCH3 is 1. The number of aliphatic hydroxyl groups is 1. The van der Waals surface area contributed by atoms with Crippen LogP contribution in [0, 0.1) is 0 Å². The van der Waals surface area contributed by atoms with E-state index in [4.69, 9.17) is 14.2 Å². The summed E-state index contributed by atoms with van der Waals surface area (Å²) in [5, 5.41) is 21.8. The Bertz CT molecular complexity index is 1170. The number of aromatic hydroxyl groups is 1. The van der Waals surface area contributed by atoms with E-state index >= 15 is 0 Å². The SMILES string of the molecule is CCCCCCCCCOc1cc(C(=O)C=CN2CCN(CC(O)c3cccc(OC)c3)CC2)cc(OCCCCCCCCC)c1O. The van der Waals surface area contributed by atoms with E-state index in [2.05, 4.69) is 23.6 Å². The quantitative estimate of drug-likeness (QED) is 0.0618. The Morgan fingerprint density at radius 2 is 1.33 bits per heavy atom. The molecule has 1 aliphatic heterocycles. The maximum Gasteiger partial charge on any atom is 0.200 e. The average molecular weight is 667 g/mol. The number of rotatable bonds is 25. The van der Waals surface area contributed by atoms with Gasteiger partial charge in [-0.15, -0.1) is 0 Å². The summed E-state index contributed by atoms with van der Waals surface area (Å²) >= 11 is 0. The van der Waals surface area contributed by atoms with Gasteiger partial charge in [0.25, 0.3) is 0 Å². The number of benzene rings is 2. The number of unbranched alkanes of at least 4 members (excludes halogenated alkanes) is 12. The van der Waals surface area contributed by atoms with Gasteiger partial charge in [-0.3, -0.25) is 9.69 Å². The van der Waals surface area contributed by atoms with Crippen molar-refractivity contribution in [2.24, 2.45) is 0 Å². The number of hydrogen-bond donors (Lipinski definition) is 2. The van der Waals surface area contributed by atoms with Crippen molar-refractivity contribution in [2.75, 3.05) is 53.0 Å². The summed E-state index contributed by atoms with van der Waals surface area (Å²) in [5.74, 6) is 1.15. The molecule has 3 rings (SSSR count). The molecule has 1 atom stereocenters. The molecule has 0 spiro atoms. The highest BCUT2D eigenvalue weighted by molar-refractivity contribution is 6.05. The normalized spacial score (nSPS) is 14.4. The lowest BCUT2D eigenvalue weighted by atomic mass is 10.1. The number of piperazine rings is 1. The minimum Gasteiger partial charge on any atom is -0.502 e. The zero-order valence-corrected chi connectivity index (χ0v) is 30.0. The minimum absolute atomic E-state index is 0.0336. The Hall–Kier alpha value is -3.23. The number of hydrogen-bond acceptors (Lipinski definition) is 8. The van der Waals surface area contributed by atoms with Crippen molar-refractivity contribution in [1.29, 1.82) is 0 Å². The second-order valence-electron chi connectivity index (χ2n) is 13.1. The van der Waals surface area contributed by atoms with Crippen LogP contribution in [0.3, 0.4) is 0 Å². The van der Waals surface area contributed by atoms with Crippen molar-refractivity contribution in [2.45, 2.75) is 110 Å². The molecule has 268 valence electrons. The van der Waals surface area contributed by atoms with Gasteiger partial charge in [0.1, 0.15) is 5.75 Å². The Morgan fingerprint density at radius 1 is 0.792 bits per heavy atom. The molecule has 0 aliphatic carbocycles. The summed E-state index contributed by atoms with van der Waals surface area (Å²) in [5.41, 5.74) is 1.28. The molecule has 8 nitrogen and oxygen atoms in total. The van der Waals surface area contributed by atoms with Crippen molar-refractivity contribution in [3.8, 4) is 23.0 Å². The van der Waals surface area contributed by atoms with E-state index in [1.807, 2.05) is 30.5 Å². The average Bonchev–Trinajstić information content (AvgIpc) is 3.11. The van der Waals surface area contributed by atoms with Crippen LogP contribution in [0.4, 0.5) is 0 Å². The lowest BCUT2D eigenvalue weighted by Crippen LogP contribution is -2.45. The first-order chi connectivity index (χ1) is 23.4. The summed E-state index contributed by atoms with van der Waals surface area (Å²) in [6, 6.07) is 10.8. The van der Waals surface area contributed by atoms with Crippen LogP contribution in [0.2, 0.25) is 0 Å². The van der Waals surface area contributed by atoms with E-state index in [-0.39, 0.29) is 11.5 Å². The van der Waals surface area contributed by atoms with Crippen LogP contribution in [-0.2, 0) is 0 Å². The van der Waals surface area contributed by atoms with E-state index in [1.54, 1.807) is 25.3 Å². The highest BCUT2D eigenvalue weighted by Crippen LogP contribution is 2.38. The summed E-state index contributed by atoms with van der Waals surface area (Å²) < 4.78 is 17.3. The molecule has 2 N–H and O–H groups in total. The summed E-state index contributed by atoms with van der Waals surface area (Å²) in [7, 11) is 1.63. The first kappa shape index (κ1) is 39.2. The van der Waals surface area contributed by atoms with Crippen molar-refractivity contribution in [3.05, 3.63) is 59.8 Å². The maximum absolute atomic E-state index is 13.4. The molecule has 1 unspecified atom stereocenters. The van der Waals surface area contributed by atoms with Crippen molar-refractivity contribution in [3.63, 3.8) is 0 Å². The monoisotopic (exact) mass is 666 g/mol. The highest BCUT2D eigenvalue weighted by Gasteiger charge is 2.20. The molecule has 0 bridgehead atoms. The second kappa shape index (κ2) is 23.2. The third kappa shape index (κ3) is 14.5. The van der Waals surface area contributed by atoms with Crippen molar-refractivity contribution >= 4 is 5.78 Å². The number of ketones is 1. The largest absolute Gasteiger partial charge is 0.502 e. The topological polar surface area (TPSA) is 91.7 Å². The molecule has 1 aliphatic rings. The van der Waals surface area contributed by atoms with E-state index < -0.39 is 6.10 Å². The molecule has 1 fully saturated rings. The number of carbonyl (C=O) groups is 1. The van der Waals surface area contributed by atoms with Gasteiger partial charge in [0, 0.05) is 50.6 Å². The maximum atomic E-state index is 13.4. The molecule has 0 radical (unpaired) electrons. The van der Waals surface area contributed by atoms with E-state index in [0.29, 0.717) is 36.8 Å².